The van der Waals surface area contributed by atoms with Gasteiger partial charge in [0, 0.05) is 23.7 Å². The number of amides is 3. The molecule has 0 spiro atoms. The molecule has 1 aliphatic rings. The van der Waals surface area contributed by atoms with Crippen LogP contribution in [0.5, 0.6) is 17.2 Å². The molecule has 2 aromatic carbocycles. The number of hydrogen-bond donors (Lipinski definition) is 2. The number of nitrogens with one attached hydrogen (secondary N) is 2. The lowest BCUT2D eigenvalue weighted by Crippen LogP contribution is -2.43. The fourth-order valence-electron chi connectivity index (χ4n) is 3.35. The first kappa shape index (κ1) is 25.3. The van der Waals surface area contributed by atoms with Gasteiger partial charge in [-0.1, -0.05) is 0 Å². The Balaban J connectivity index is 1.49. The molecule has 0 aliphatic carbocycles. The Morgan fingerprint density at radius 2 is 1.66 bits per heavy atom. The normalized spacial score (nSPS) is 14.8. The molecule has 1 aliphatic heterocycles. The molecule has 1 fully saturated rings. The maximum Gasteiger partial charge on any atom is 0.311 e. The quantitative estimate of drug-likeness (QED) is 0.487. The largest absolute Gasteiger partial charge is 0.497 e. The number of esters is 1. The highest BCUT2D eigenvalue weighted by atomic mass is 16.5. The summed E-state index contributed by atoms with van der Waals surface area (Å²) in [5.41, 5.74) is 3.22. The van der Waals surface area contributed by atoms with E-state index in [0.29, 0.717) is 29.5 Å². The van der Waals surface area contributed by atoms with Crippen LogP contribution in [0.3, 0.4) is 0 Å². The Morgan fingerprint density at radius 3 is 2.26 bits per heavy atom. The van der Waals surface area contributed by atoms with Crippen molar-refractivity contribution in [3.8, 4) is 17.2 Å². The molecule has 1 saturated heterocycles. The molecule has 1 atom stereocenters. The van der Waals surface area contributed by atoms with Crippen molar-refractivity contribution in [1.82, 2.24) is 10.4 Å². The first-order valence-electron chi connectivity index (χ1n) is 10.9. The van der Waals surface area contributed by atoms with Crippen molar-refractivity contribution >= 4 is 29.4 Å². The van der Waals surface area contributed by atoms with Crippen molar-refractivity contribution in [2.75, 3.05) is 39.3 Å². The molecule has 0 saturated carbocycles. The number of hydrazine groups is 1. The van der Waals surface area contributed by atoms with Crippen LogP contribution in [0, 0.1) is 5.92 Å². The van der Waals surface area contributed by atoms with Crippen LogP contribution in [-0.2, 0) is 19.1 Å². The minimum atomic E-state index is -0.819. The third kappa shape index (κ3) is 6.85. The fraction of sp³-hybridized carbons (Fsp3) is 0.333. The van der Waals surface area contributed by atoms with Gasteiger partial charge in [0.25, 0.3) is 11.8 Å². The molecular formula is C24H27N3O8. The molecule has 11 nitrogen and oxygen atoms in total. The van der Waals surface area contributed by atoms with Crippen LogP contribution in [0.15, 0.2) is 42.5 Å². The number of anilines is 1. The second kappa shape index (κ2) is 11.7. The molecular weight excluding hydrogens is 458 g/mol. The van der Waals surface area contributed by atoms with E-state index in [9.17, 15) is 19.2 Å². The number of carbonyl (C=O) groups excluding carboxylic acids is 4. The average molecular weight is 485 g/mol. The number of carbonyl (C=O) groups is 4. The number of ether oxygens (including phenoxy) is 4. The number of methoxy groups -OCH3 is 2. The highest BCUT2D eigenvalue weighted by molar-refractivity contribution is 5.97. The van der Waals surface area contributed by atoms with E-state index in [1.165, 1.54) is 26.4 Å². The van der Waals surface area contributed by atoms with Crippen LogP contribution in [-0.4, -0.2) is 62.7 Å². The zero-order chi connectivity index (χ0) is 25.4. The van der Waals surface area contributed by atoms with Gasteiger partial charge in [-0.05, 0) is 43.3 Å². The second-order valence-electron chi connectivity index (χ2n) is 7.56. The van der Waals surface area contributed by atoms with Crippen molar-refractivity contribution in [3.63, 3.8) is 0 Å². The lowest BCUT2D eigenvalue weighted by molar-refractivity contribution is -0.151. The van der Waals surface area contributed by atoms with Crippen molar-refractivity contribution in [1.29, 1.82) is 0 Å². The van der Waals surface area contributed by atoms with Gasteiger partial charge in [-0.15, -0.1) is 0 Å². The van der Waals surface area contributed by atoms with Crippen LogP contribution >= 0.6 is 0 Å². The molecule has 2 N–H and O–H groups in total. The third-order valence-corrected chi connectivity index (χ3v) is 5.10. The molecule has 11 heteroatoms. The summed E-state index contributed by atoms with van der Waals surface area (Å²) in [5.74, 6) is -1.58. The number of nitrogens with zero attached hydrogens (tertiary/aromatic N) is 1. The molecule has 1 heterocycles. The van der Waals surface area contributed by atoms with Crippen LogP contribution < -0.4 is 25.0 Å². The van der Waals surface area contributed by atoms with Crippen molar-refractivity contribution in [2.24, 2.45) is 5.92 Å². The zero-order valence-electron chi connectivity index (χ0n) is 19.7. The zero-order valence-corrected chi connectivity index (χ0v) is 19.7. The predicted molar refractivity (Wildman–Crippen MR) is 124 cm³/mol. The van der Waals surface area contributed by atoms with Crippen molar-refractivity contribution in [3.05, 3.63) is 48.0 Å². The summed E-state index contributed by atoms with van der Waals surface area (Å²) < 4.78 is 20.7. The van der Waals surface area contributed by atoms with Crippen molar-refractivity contribution < 1.29 is 38.1 Å². The number of hydrogen-bond acceptors (Lipinski definition) is 8. The summed E-state index contributed by atoms with van der Waals surface area (Å²) in [6, 6.07) is 11.3. The molecule has 35 heavy (non-hydrogen) atoms. The monoisotopic (exact) mass is 485 g/mol. The van der Waals surface area contributed by atoms with E-state index in [-0.39, 0.29) is 18.5 Å². The van der Waals surface area contributed by atoms with Crippen LogP contribution in [0.1, 0.15) is 23.7 Å². The van der Waals surface area contributed by atoms with Crippen LogP contribution in [0.2, 0.25) is 0 Å². The topological polar surface area (TPSA) is 132 Å². The Hall–Kier alpha value is -4.28. The predicted octanol–water partition coefficient (Wildman–Crippen LogP) is 1.78. The summed E-state index contributed by atoms with van der Waals surface area (Å²) in [4.78, 5) is 49.4. The molecule has 3 amide bonds. The number of rotatable bonds is 10. The minimum Gasteiger partial charge on any atom is -0.497 e. The van der Waals surface area contributed by atoms with Gasteiger partial charge in [0.1, 0.15) is 17.2 Å². The van der Waals surface area contributed by atoms with E-state index in [0.717, 1.165) is 5.01 Å². The molecule has 0 aromatic heterocycles. The maximum atomic E-state index is 12.6. The average Bonchev–Trinajstić information content (AvgIpc) is 3.23. The molecule has 0 radical (unpaired) electrons. The third-order valence-electron chi connectivity index (χ3n) is 5.10. The molecule has 3 rings (SSSR count). The van der Waals surface area contributed by atoms with Crippen LogP contribution in [0.4, 0.5) is 5.69 Å². The highest BCUT2D eigenvalue weighted by Crippen LogP contribution is 2.23. The molecule has 186 valence electrons. The summed E-state index contributed by atoms with van der Waals surface area (Å²) >= 11 is 0. The first-order chi connectivity index (χ1) is 16.8. The fourth-order valence-corrected chi connectivity index (χ4v) is 3.35. The van der Waals surface area contributed by atoms with E-state index < -0.39 is 36.2 Å². The van der Waals surface area contributed by atoms with E-state index in [4.69, 9.17) is 18.9 Å². The van der Waals surface area contributed by atoms with Gasteiger partial charge >= 0.3 is 5.97 Å². The first-order valence-corrected chi connectivity index (χ1v) is 10.9. The van der Waals surface area contributed by atoms with Gasteiger partial charge < -0.3 is 24.3 Å². The van der Waals surface area contributed by atoms with E-state index >= 15 is 0 Å². The van der Waals surface area contributed by atoms with Gasteiger partial charge in [-0.2, -0.15) is 0 Å². The van der Waals surface area contributed by atoms with Gasteiger partial charge in [0.2, 0.25) is 5.91 Å². The number of benzene rings is 2. The lowest BCUT2D eigenvalue weighted by atomic mass is 10.1. The SMILES string of the molecule is CCOc1ccc(NC(=O)COC(=O)[C@@H]2CC(=O)N(NC(=O)c3cc(OC)cc(OC)c3)C2)cc1. The van der Waals surface area contributed by atoms with Gasteiger partial charge in [0.15, 0.2) is 6.61 Å². The van der Waals surface area contributed by atoms with Gasteiger partial charge in [-0.25, -0.2) is 0 Å². The summed E-state index contributed by atoms with van der Waals surface area (Å²) in [6.07, 6.45) is -0.152. The van der Waals surface area contributed by atoms with E-state index in [1.54, 1.807) is 30.3 Å². The molecule has 0 unspecified atom stereocenters. The highest BCUT2D eigenvalue weighted by Gasteiger charge is 2.36. The molecule has 2 aromatic rings. The Bertz CT molecular complexity index is 1060. The lowest BCUT2D eigenvalue weighted by Gasteiger charge is -2.18. The summed E-state index contributed by atoms with van der Waals surface area (Å²) in [7, 11) is 2.91. The minimum absolute atomic E-state index is 0.0784. The van der Waals surface area contributed by atoms with Crippen LogP contribution in [0.25, 0.3) is 0 Å². The summed E-state index contributed by atoms with van der Waals surface area (Å²) in [6.45, 7) is 1.81. The maximum absolute atomic E-state index is 12.6. The summed E-state index contributed by atoms with van der Waals surface area (Å²) in [5, 5.41) is 3.67. The smallest absolute Gasteiger partial charge is 0.311 e. The van der Waals surface area contributed by atoms with Gasteiger partial charge in [-0.3, -0.25) is 29.6 Å². The van der Waals surface area contributed by atoms with E-state index in [1.807, 2.05) is 6.92 Å². The Kier molecular flexibility index (Phi) is 8.49. The van der Waals surface area contributed by atoms with Gasteiger partial charge in [0.05, 0.1) is 33.3 Å². The molecule has 0 bridgehead atoms. The Labute approximate surface area is 202 Å². The van der Waals surface area contributed by atoms with Crippen molar-refractivity contribution in [2.45, 2.75) is 13.3 Å². The standard InChI is InChI=1S/C24H27N3O8/c1-4-34-18-7-5-17(6-8-18)25-21(28)14-35-24(31)16-11-22(29)27(13-16)26-23(30)15-9-19(32-2)12-20(10-15)33-3/h5-10,12,16H,4,11,13-14H2,1-3H3,(H,25,28)(H,26,30)/t16-/m1/s1. The second-order valence-corrected chi connectivity index (χ2v) is 7.56. The van der Waals surface area contributed by atoms with E-state index in [2.05, 4.69) is 10.7 Å². The Morgan fingerprint density at radius 1 is 1.00 bits per heavy atom.